The maximum atomic E-state index is 10.7. The SMILES string of the molecule is O=S(=O)([O-])C(F)(F)F.c1ccc(C[S+]2CCCC2)cc1. The van der Waals surface area contributed by atoms with Gasteiger partial charge in [0.05, 0.1) is 0 Å². The van der Waals surface area contributed by atoms with E-state index in [2.05, 4.69) is 30.3 Å². The summed E-state index contributed by atoms with van der Waals surface area (Å²) in [5, 5.41) is 0. The highest BCUT2D eigenvalue weighted by molar-refractivity contribution is 7.96. The maximum Gasteiger partial charge on any atom is 0.485 e. The average Bonchev–Trinajstić information content (AvgIpc) is 2.81. The predicted molar refractivity (Wildman–Crippen MR) is 72.2 cm³/mol. The van der Waals surface area contributed by atoms with Crippen molar-refractivity contribution in [2.24, 2.45) is 0 Å². The first-order valence-corrected chi connectivity index (χ1v) is 9.04. The molecule has 3 nitrogen and oxygen atoms in total. The Kier molecular flexibility index (Phi) is 6.35. The fourth-order valence-electron chi connectivity index (χ4n) is 1.67. The van der Waals surface area contributed by atoms with Gasteiger partial charge in [0.15, 0.2) is 10.1 Å². The van der Waals surface area contributed by atoms with Gasteiger partial charge in [0.1, 0.15) is 17.3 Å². The zero-order chi connectivity index (χ0) is 15.2. The van der Waals surface area contributed by atoms with Crippen LogP contribution in [0.2, 0.25) is 0 Å². The molecule has 1 aliphatic heterocycles. The van der Waals surface area contributed by atoms with E-state index in [1.807, 2.05) is 0 Å². The van der Waals surface area contributed by atoms with Gasteiger partial charge in [-0.3, -0.25) is 0 Å². The standard InChI is InChI=1S/C11H15S.CHF3O3S/c1-2-6-11(7-3-1)10-12-8-4-5-9-12;2-1(3,4)8(5,6)7/h1-3,6-7H,4-5,8-10H2;(H,5,6,7)/q+1;/p-1. The fraction of sp³-hybridized carbons (Fsp3) is 0.500. The quantitative estimate of drug-likeness (QED) is 0.476. The van der Waals surface area contributed by atoms with Gasteiger partial charge >= 0.3 is 5.51 Å². The van der Waals surface area contributed by atoms with Crippen LogP contribution in [-0.4, -0.2) is 30.0 Å². The second-order valence-electron chi connectivity index (χ2n) is 4.26. The lowest BCUT2D eigenvalue weighted by molar-refractivity contribution is -0.0517. The van der Waals surface area contributed by atoms with E-state index in [1.165, 1.54) is 35.7 Å². The van der Waals surface area contributed by atoms with Crippen LogP contribution < -0.4 is 0 Å². The Morgan fingerprint density at radius 2 is 1.55 bits per heavy atom. The Hall–Kier alpha value is -0.730. The van der Waals surface area contributed by atoms with Crippen molar-refractivity contribution in [3.8, 4) is 0 Å². The van der Waals surface area contributed by atoms with Crippen molar-refractivity contribution in [3.63, 3.8) is 0 Å². The molecule has 0 bridgehead atoms. The number of alkyl halides is 3. The summed E-state index contributed by atoms with van der Waals surface area (Å²) in [5.74, 6) is 4.30. The number of hydrogen-bond acceptors (Lipinski definition) is 3. The first kappa shape index (κ1) is 17.3. The van der Waals surface area contributed by atoms with Crippen LogP contribution in [0, 0.1) is 0 Å². The molecule has 1 saturated heterocycles. The van der Waals surface area contributed by atoms with Crippen molar-refractivity contribution in [2.45, 2.75) is 24.1 Å². The van der Waals surface area contributed by atoms with Crippen LogP contribution in [0.5, 0.6) is 0 Å². The van der Waals surface area contributed by atoms with Crippen LogP contribution in [0.1, 0.15) is 18.4 Å². The van der Waals surface area contributed by atoms with E-state index in [-0.39, 0.29) is 0 Å². The molecular formula is C12H15F3O3S2. The second kappa shape index (κ2) is 7.33. The van der Waals surface area contributed by atoms with Gasteiger partial charge < -0.3 is 4.55 Å². The fourth-order valence-corrected chi connectivity index (χ4v) is 4.05. The van der Waals surface area contributed by atoms with Crippen molar-refractivity contribution < 1.29 is 26.1 Å². The van der Waals surface area contributed by atoms with Gasteiger partial charge in [-0.15, -0.1) is 0 Å². The van der Waals surface area contributed by atoms with Crippen LogP contribution >= 0.6 is 0 Å². The smallest absolute Gasteiger partial charge is 0.485 e. The van der Waals surface area contributed by atoms with E-state index in [4.69, 9.17) is 13.0 Å². The summed E-state index contributed by atoms with van der Waals surface area (Å²) in [5.41, 5.74) is -4.12. The molecule has 0 saturated carbocycles. The third kappa shape index (κ3) is 6.15. The summed E-state index contributed by atoms with van der Waals surface area (Å²) in [7, 11) is -5.37. The van der Waals surface area contributed by atoms with Gasteiger partial charge in [0.25, 0.3) is 0 Å². The third-order valence-corrected chi connectivity index (χ3v) is 5.65. The topological polar surface area (TPSA) is 57.2 Å². The van der Waals surface area contributed by atoms with Crippen molar-refractivity contribution in [2.75, 3.05) is 11.5 Å². The van der Waals surface area contributed by atoms with Crippen molar-refractivity contribution >= 4 is 21.0 Å². The number of benzene rings is 1. The summed E-state index contributed by atoms with van der Waals surface area (Å²) in [4.78, 5) is 0. The summed E-state index contributed by atoms with van der Waals surface area (Å²) in [6, 6.07) is 10.9. The highest BCUT2D eigenvalue weighted by Gasteiger charge is 2.36. The number of hydrogen-bond donors (Lipinski definition) is 0. The summed E-state index contributed by atoms with van der Waals surface area (Å²) < 4.78 is 58.9. The van der Waals surface area contributed by atoms with Crippen LogP contribution in [0.4, 0.5) is 13.2 Å². The van der Waals surface area contributed by atoms with Gasteiger partial charge in [0.2, 0.25) is 0 Å². The molecule has 1 fully saturated rings. The lowest BCUT2D eigenvalue weighted by atomic mass is 10.2. The van der Waals surface area contributed by atoms with Crippen molar-refractivity contribution in [1.29, 1.82) is 0 Å². The Labute approximate surface area is 119 Å². The molecule has 1 aromatic rings. The van der Waals surface area contributed by atoms with Crippen LogP contribution in [0.15, 0.2) is 30.3 Å². The van der Waals surface area contributed by atoms with Crippen LogP contribution in [0.3, 0.4) is 0 Å². The van der Waals surface area contributed by atoms with Crippen LogP contribution in [-0.2, 0) is 26.8 Å². The van der Waals surface area contributed by atoms with E-state index >= 15 is 0 Å². The van der Waals surface area contributed by atoms with Crippen molar-refractivity contribution in [1.82, 2.24) is 0 Å². The molecular weight excluding hydrogens is 313 g/mol. The Bertz CT molecular complexity index is 494. The van der Waals surface area contributed by atoms with E-state index in [0.29, 0.717) is 0 Å². The largest absolute Gasteiger partial charge is 0.741 e. The molecule has 0 radical (unpaired) electrons. The van der Waals surface area contributed by atoms with E-state index in [9.17, 15) is 13.2 Å². The predicted octanol–water partition coefficient (Wildman–Crippen LogP) is 2.65. The molecule has 114 valence electrons. The second-order valence-corrected chi connectivity index (χ2v) is 7.96. The highest BCUT2D eigenvalue weighted by atomic mass is 32.2. The summed E-state index contributed by atoms with van der Waals surface area (Å²) in [6.07, 6.45) is 2.94. The van der Waals surface area contributed by atoms with Gasteiger partial charge in [-0.1, -0.05) is 30.3 Å². The third-order valence-electron chi connectivity index (χ3n) is 2.61. The van der Waals surface area contributed by atoms with Gasteiger partial charge in [-0.2, -0.15) is 13.2 Å². The minimum Gasteiger partial charge on any atom is -0.741 e. The zero-order valence-corrected chi connectivity index (χ0v) is 12.2. The normalized spacial score (nSPS) is 16.6. The molecule has 1 heterocycles. The molecule has 0 N–H and O–H groups in total. The molecule has 0 spiro atoms. The molecule has 1 aliphatic rings. The monoisotopic (exact) mass is 328 g/mol. The number of rotatable bonds is 2. The number of halogens is 3. The molecule has 0 atom stereocenters. The van der Waals surface area contributed by atoms with E-state index in [0.717, 1.165) is 10.9 Å². The molecule has 0 unspecified atom stereocenters. The Morgan fingerprint density at radius 3 is 1.95 bits per heavy atom. The molecule has 0 amide bonds. The molecule has 2 rings (SSSR count). The highest BCUT2D eigenvalue weighted by Crippen LogP contribution is 2.20. The van der Waals surface area contributed by atoms with Gasteiger partial charge in [-0.05, 0) is 23.7 Å². The molecule has 0 aliphatic carbocycles. The average molecular weight is 328 g/mol. The lowest BCUT2D eigenvalue weighted by Crippen LogP contribution is -2.21. The minimum atomic E-state index is -6.09. The Balaban J connectivity index is 0.000000221. The van der Waals surface area contributed by atoms with E-state index < -0.39 is 15.6 Å². The van der Waals surface area contributed by atoms with Crippen molar-refractivity contribution in [3.05, 3.63) is 35.9 Å². The molecule has 0 aromatic heterocycles. The van der Waals surface area contributed by atoms with Crippen LogP contribution in [0.25, 0.3) is 0 Å². The first-order valence-electron chi connectivity index (χ1n) is 5.90. The first-order chi connectivity index (χ1) is 9.20. The zero-order valence-electron chi connectivity index (χ0n) is 10.6. The summed E-state index contributed by atoms with van der Waals surface area (Å²) >= 11 is 0. The molecule has 20 heavy (non-hydrogen) atoms. The van der Waals surface area contributed by atoms with E-state index in [1.54, 1.807) is 0 Å². The van der Waals surface area contributed by atoms with Gasteiger partial charge in [-0.25, -0.2) is 8.42 Å². The maximum absolute atomic E-state index is 10.7. The summed E-state index contributed by atoms with van der Waals surface area (Å²) in [6.45, 7) is 0. The lowest BCUT2D eigenvalue weighted by Gasteiger charge is -2.08. The Morgan fingerprint density at radius 1 is 1.10 bits per heavy atom. The molecule has 8 heteroatoms. The van der Waals surface area contributed by atoms with Gasteiger partial charge in [0, 0.05) is 5.56 Å². The minimum absolute atomic E-state index is 0.722. The molecule has 1 aromatic carbocycles.